The Morgan fingerprint density at radius 2 is 2.10 bits per heavy atom. The quantitative estimate of drug-likeness (QED) is 0.895. The van der Waals surface area contributed by atoms with Gasteiger partial charge >= 0.3 is 11.9 Å². The van der Waals surface area contributed by atoms with Crippen molar-refractivity contribution < 1.29 is 13.2 Å². The molecule has 1 saturated heterocycles. The normalized spacial score (nSPS) is 20.0. The van der Waals surface area contributed by atoms with Crippen molar-refractivity contribution in [3.05, 3.63) is 34.2 Å². The Labute approximate surface area is 119 Å². The highest BCUT2D eigenvalue weighted by atomic mass is 19.4. The molecule has 0 radical (unpaired) electrons. The highest BCUT2D eigenvalue weighted by molar-refractivity contribution is 5.76. The van der Waals surface area contributed by atoms with E-state index in [4.69, 9.17) is 0 Å². The molecular formula is C14H16F3N3O. The third-order valence-electron chi connectivity index (χ3n) is 3.92. The second kappa shape index (κ2) is 5.22. The summed E-state index contributed by atoms with van der Waals surface area (Å²) < 4.78 is 39.6. The van der Waals surface area contributed by atoms with E-state index in [2.05, 4.69) is 10.3 Å². The zero-order valence-electron chi connectivity index (χ0n) is 11.3. The van der Waals surface area contributed by atoms with Gasteiger partial charge in [-0.3, -0.25) is 4.57 Å². The number of aromatic amines is 1. The Morgan fingerprint density at radius 3 is 2.76 bits per heavy atom. The minimum Gasteiger partial charge on any atom is -0.312 e. The van der Waals surface area contributed by atoms with Gasteiger partial charge in [0.15, 0.2) is 0 Å². The van der Waals surface area contributed by atoms with Gasteiger partial charge in [-0.2, -0.15) is 13.2 Å². The van der Waals surface area contributed by atoms with Crippen molar-refractivity contribution in [3.8, 4) is 0 Å². The molecule has 2 aromatic rings. The summed E-state index contributed by atoms with van der Waals surface area (Å²) in [6, 6.07) is 3.55. The summed E-state index contributed by atoms with van der Waals surface area (Å²) in [4.78, 5) is 14.5. The molecule has 1 aliphatic heterocycles. The standard InChI is InChI=1S/C14H16F3N3O/c15-14(16,17)9-4-5-12-11(7-9)19-13(21)20(12)8-10-3-1-2-6-18-10/h4-5,7,10,18H,1-3,6,8H2,(H,19,21). The Balaban J connectivity index is 1.95. The van der Waals surface area contributed by atoms with Gasteiger partial charge in [-0.05, 0) is 37.6 Å². The molecule has 2 N–H and O–H groups in total. The lowest BCUT2D eigenvalue weighted by Crippen LogP contribution is -2.39. The van der Waals surface area contributed by atoms with E-state index in [-0.39, 0.29) is 17.2 Å². The van der Waals surface area contributed by atoms with Crippen LogP contribution in [0.4, 0.5) is 13.2 Å². The van der Waals surface area contributed by atoms with Gasteiger partial charge in [0.1, 0.15) is 0 Å². The number of benzene rings is 1. The summed E-state index contributed by atoms with van der Waals surface area (Å²) in [5, 5.41) is 3.33. The molecule has 0 spiro atoms. The Hall–Kier alpha value is -1.76. The van der Waals surface area contributed by atoms with Crippen LogP contribution in [0.15, 0.2) is 23.0 Å². The van der Waals surface area contributed by atoms with E-state index in [0.717, 1.165) is 37.9 Å². The van der Waals surface area contributed by atoms with E-state index in [1.165, 1.54) is 10.6 Å². The van der Waals surface area contributed by atoms with Gasteiger partial charge in [0.05, 0.1) is 16.6 Å². The molecule has 114 valence electrons. The molecule has 1 aromatic carbocycles. The number of aromatic nitrogens is 2. The molecule has 0 saturated carbocycles. The summed E-state index contributed by atoms with van der Waals surface area (Å²) in [6.07, 6.45) is -1.21. The molecule has 1 fully saturated rings. The van der Waals surface area contributed by atoms with E-state index >= 15 is 0 Å². The predicted molar refractivity (Wildman–Crippen MR) is 73.2 cm³/mol. The Kier molecular flexibility index (Phi) is 3.52. The van der Waals surface area contributed by atoms with Crippen molar-refractivity contribution in [1.29, 1.82) is 0 Å². The molecule has 3 rings (SSSR count). The van der Waals surface area contributed by atoms with Crippen molar-refractivity contribution in [2.24, 2.45) is 0 Å². The number of hydrogen-bond donors (Lipinski definition) is 2. The maximum atomic E-state index is 12.7. The first-order valence-electron chi connectivity index (χ1n) is 6.98. The fourth-order valence-corrected chi connectivity index (χ4v) is 2.82. The topological polar surface area (TPSA) is 49.8 Å². The first-order valence-corrected chi connectivity index (χ1v) is 6.98. The fourth-order valence-electron chi connectivity index (χ4n) is 2.82. The first kappa shape index (κ1) is 14.2. The summed E-state index contributed by atoms with van der Waals surface area (Å²) >= 11 is 0. The fraction of sp³-hybridized carbons (Fsp3) is 0.500. The number of alkyl halides is 3. The number of hydrogen-bond acceptors (Lipinski definition) is 2. The van der Waals surface area contributed by atoms with Gasteiger partial charge in [0.25, 0.3) is 0 Å². The average molecular weight is 299 g/mol. The van der Waals surface area contributed by atoms with Gasteiger partial charge in [0.2, 0.25) is 0 Å². The average Bonchev–Trinajstić information content (AvgIpc) is 2.75. The Morgan fingerprint density at radius 1 is 1.29 bits per heavy atom. The molecule has 7 heteroatoms. The van der Waals surface area contributed by atoms with Crippen molar-refractivity contribution in [2.45, 2.75) is 38.0 Å². The lowest BCUT2D eigenvalue weighted by Gasteiger charge is -2.23. The summed E-state index contributed by atoms with van der Waals surface area (Å²) in [7, 11) is 0. The van der Waals surface area contributed by atoms with E-state index in [1.54, 1.807) is 0 Å². The van der Waals surface area contributed by atoms with Crippen LogP contribution in [0.25, 0.3) is 11.0 Å². The van der Waals surface area contributed by atoms with Gasteiger partial charge < -0.3 is 10.3 Å². The smallest absolute Gasteiger partial charge is 0.312 e. The maximum Gasteiger partial charge on any atom is 0.416 e. The number of rotatable bonds is 2. The number of piperidine rings is 1. The number of nitrogens with zero attached hydrogens (tertiary/aromatic N) is 1. The monoisotopic (exact) mass is 299 g/mol. The molecule has 21 heavy (non-hydrogen) atoms. The molecule has 1 aliphatic rings. The summed E-state index contributed by atoms with van der Waals surface area (Å²) in [6.45, 7) is 1.39. The van der Waals surface area contributed by atoms with Crippen molar-refractivity contribution in [3.63, 3.8) is 0 Å². The zero-order valence-corrected chi connectivity index (χ0v) is 11.3. The third kappa shape index (κ3) is 2.83. The van der Waals surface area contributed by atoms with Crippen LogP contribution in [-0.2, 0) is 12.7 Å². The van der Waals surface area contributed by atoms with Gasteiger partial charge in [-0.25, -0.2) is 4.79 Å². The molecule has 1 unspecified atom stereocenters. The van der Waals surface area contributed by atoms with Crippen LogP contribution >= 0.6 is 0 Å². The molecule has 0 bridgehead atoms. The largest absolute Gasteiger partial charge is 0.416 e. The lowest BCUT2D eigenvalue weighted by atomic mass is 10.1. The third-order valence-corrected chi connectivity index (χ3v) is 3.92. The lowest BCUT2D eigenvalue weighted by molar-refractivity contribution is -0.137. The van der Waals surface area contributed by atoms with Gasteiger partial charge in [-0.1, -0.05) is 6.42 Å². The molecule has 1 atom stereocenters. The van der Waals surface area contributed by atoms with Crippen molar-refractivity contribution in [2.75, 3.05) is 6.54 Å². The molecule has 2 heterocycles. The van der Waals surface area contributed by atoms with Gasteiger partial charge in [0, 0.05) is 12.6 Å². The number of nitrogens with one attached hydrogen (secondary N) is 2. The van der Waals surface area contributed by atoms with Crippen LogP contribution in [0.3, 0.4) is 0 Å². The number of halogens is 3. The van der Waals surface area contributed by atoms with Crippen LogP contribution in [0.2, 0.25) is 0 Å². The first-order chi connectivity index (χ1) is 9.95. The van der Waals surface area contributed by atoms with Crippen LogP contribution in [0, 0.1) is 0 Å². The van der Waals surface area contributed by atoms with Crippen LogP contribution in [0.5, 0.6) is 0 Å². The highest BCUT2D eigenvalue weighted by Gasteiger charge is 2.31. The predicted octanol–water partition coefficient (Wildman–Crippen LogP) is 2.49. The molecule has 4 nitrogen and oxygen atoms in total. The highest BCUT2D eigenvalue weighted by Crippen LogP contribution is 2.30. The van der Waals surface area contributed by atoms with Crippen LogP contribution < -0.4 is 11.0 Å². The second-order valence-electron chi connectivity index (χ2n) is 5.42. The number of imidazole rings is 1. The molecule has 0 aliphatic carbocycles. The van der Waals surface area contributed by atoms with Crippen LogP contribution in [0.1, 0.15) is 24.8 Å². The minimum atomic E-state index is -4.40. The summed E-state index contributed by atoms with van der Waals surface area (Å²) in [5.41, 5.74) is -0.373. The van der Waals surface area contributed by atoms with Crippen molar-refractivity contribution >= 4 is 11.0 Å². The van der Waals surface area contributed by atoms with Crippen molar-refractivity contribution in [1.82, 2.24) is 14.9 Å². The SMILES string of the molecule is O=c1[nH]c2cc(C(F)(F)F)ccc2n1CC1CCCCN1. The number of fused-ring (bicyclic) bond motifs is 1. The minimum absolute atomic E-state index is 0.192. The molecule has 0 amide bonds. The van der Waals surface area contributed by atoms with Gasteiger partial charge in [-0.15, -0.1) is 0 Å². The van der Waals surface area contributed by atoms with E-state index in [0.29, 0.717) is 12.1 Å². The molecule has 1 aromatic heterocycles. The van der Waals surface area contributed by atoms with E-state index in [9.17, 15) is 18.0 Å². The number of H-pyrrole nitrogens is 1. The zero-order chi connectivity index (χ0) is 15.0. The van der Waals surface area contributed by atoms with Crippen LogP contribution in [-0.4, -0.2) is 22.1 Å². The van der Waals surface area contributed by atoms with E-state index in [1.807, 2.05) is 0 Å². The second-order valence-corrected chi connectivity index (χ2v) is 5.42. The Bertz CT molecular complexity index is 696. The molecular weight excluding hydrogens is 283 g/mol. The summed E-state index contributed by atoms with van der Waals surface area (Å²) in [5.74, 6) is 0. The van der Waals surface area contributed by atoms with E-state index < -0.39 is 11.7 Å². The maximum absolute atomic E-state index is 12.7.